The van der Waals surface area contributed by atoms with E-state index < -0.39 is 10.0 Å². The Labute approximate surface area is 127 Å². The Morgan fingerprint density at radius 2 is 2.19 bits per heavy atom. The van der Waals surface area contributed by atoms with Gasteiger partial charge in [0.1, 0.15) is 0 Å². The third-order valence-corrected chi connectivity index (χ3v) is 6.02. The molecule has 7 nitrogen and oxygen atoms in total. The standard InChI is InChI=1S/C13H27N3O4S/c1-12-10-16(5-4-15(12)6-8-19-2)21(17,18)11-13-9-14-3-7-20-13/h12-14H,3-11H2,1-2H3. The predicted octanol–water partition coefficient (Wildman–Crippen LogP) is -1.04. The Hall–Kier alpha value is -0.250. The van der Waals surface area contributed by atoms with Crippen molar-refractivity contribution >= 4 is 10.0 Å². The highest BCUT2D eigenvalue weighted by Gasteiger charge is 2.33. The maximum Gasteiger partial charge on any atom is 0.216 e. The van der Waals surface area contributed by atoms with Crippen molar-refractivity contribution in [3.63, 3.8) is 0 Å². The molecular formula is C13H27N3O4S. The second-order valence-corrected chi connectivity index (χ2v) is 7.72. The first-order valence-corrected chi connectivity index (χ1v) is 9.17. The van der Waals surface area contributed by atoms with E-state index in [0.29, 0.717) is 32.8 Å². The molecule has 2 aliphatic heterocycles. The number of ether oxygens (including phenoxy) is 2. The number of sulfonamides is 1. The molecule has 1 N–H and O–H groups in total. The molecular weight excluding hydrogens is 294 g/mol. The summed E-state index contributed by atoms with van der Waals surface area (Å²) in [5, 5.41) is 3.17. The molecule has 0 amide bonds. The van der Waals surface area contributed by atoms with E-state index >= 15 is 0 Å². The molecule has 2 unspecified atom stereocenters. The van der Waals surface area contributed by atoms with E-state index in [2.05, 4.69) is 17.1 Å². The van der Waals surface area contributed by atoms with Gasteiger partial charge < -0.3 is 14.8 Å². The van der Waals surface area contributed by atoms with Gasteiger partial charge in [-0.1, -0.05) is 0 Å². The fourth-order valence-electron chi connectivity index (χ4n) is 2.82. The number of hydrogen-bond acceptors (Lipinski definition) is 6. The molecule has 8 heteroatoms. The molecule has 0 saturated carbocycles. The molecule has 0 spiro atoms. The molecule has 0 aromatic rings. The first kappa shape index (κ1) is 17.1. The van der Waals surface area contributed by atoms with E-state index in [9.17, 15) is 8.42 Å². The Kier molecular flexibility index (Phi) is 6.39. The molecule has 0 aromatic carbocycles. The normalized spacial score (nSPS) is 29.6. The Balaban J connectivity index is 1.86. The number of piperazine rings is 1. The van der Waals surface area contributed by atoms with E-state index in [4.69, 9.17) is 9.47 Å². The van der Waals surface area contributed by atoms with Crippen molar-refractivity contribution < 1.29 is 17.9 Å². The lowest BCUT2D eigenvalue weighted by Crippen LogP contribution is -2.55. The van der Waals surface area contributed by atoms with Gasteiger partial charge in [0, 0.05) is 52.4 Å². The van der Waals surface area contributed by atoms with Gasteiger partial charge in [-0.3, -0.25) is 4.90 Å². The van der Waals surface area contributed by atoms with Crippen LogP contribution < -0.4 is 5.32 Å². The number of methoxy groups -OCH3 is 1. The molecule has 0 radical (unpaired) electrons. The van der Waals surface area contributed by atoms with Crippen LogP contribution in [0.25, 0.3) is 0 Å². The zero-order valence-electron chi connectivity index (χ0n) is 13.0. The first-order chi connectivity index (χ1) is 10.0. The van der Waals surface area contributed by atoms with Gasteiger partial charge in [-0.15, -0.1) is 0 Å². The van der Waals surface area contributed by atoms with Crippen molar-refractivity contribution in [2.24, 2.45) is 0 Å². The Morgan fingerprint density at radius 3 is 2.81 bits per heavy atom. The highest BCUT2D eigenvalue weighted by Crippen LogP contribution is 2.15. The average Bonchev–Trinajstić information content (AvgIpc) is 2.46. The minimum Gasteiger partial charge on any atom is -0.383 e. The predicted molar refractivity (Wildman–Crippen MR) is 80.9 cm³/mol. The molecule has 124 valence electrons. The molecule has 21 heavy (non-hydrogen) atoms. The van der Waals surface area contributed by atoms with Crippen LogP contribution in [0.5, 0.6) is 0 Å². The molecule has 2 heterocycles. The SMILES string of the molecule is COCCN1CCN(S(=O)(=O)CC2CNCCO2)CC1C. The number of nitrogens with one attached hydrogen (secondary N) is 1. The summed E-state index contributed by atoms with van der Waals surface area (Å²) in [6, 6.07) is 0.217. The van der Waals surface area contributed by atoms with E-state index in [0.717, 1.165) is 19.6 Å². The van der Waals surface area contributed by atoms with Crippen LogP contribution in [0.4, 0.5) is 0 Å². The third-order valence-electron chi connectivity index (χ3n) is 4.10. The second kappa shape index (κ2) is 7.85. The summed E-state index contributed by atoms with van der Waals surface area (Å²) < 4.78 is 37.2. The van der Waals surface area contributed by atoms with Gasteiger partial charge in [0.25, 0.3) is 0 Å². The largest absolute Gasteiger partial charge is 0.383 e. The van der Waals surface area contributed by atoms with Crippen LogP contribution in [0.3, 0.4) is 0 Å². The minimum absolute atomic E-state index is 0.0742. The topological polar surface area (TPSA) is 71.1 Å². The van der Waals surface area contributed by atoms with E-state index in [-0.39, 0.29) is 17.9 Å². The second-order valence-electron chi connectivity index (χ2n) is 5.71. The van der Waals surface area contributed by atoms with Crippen molar-refractivity contribution in [1.82, 2.24) is 14.5 Å². The summed E-state index contributed by atoms with van der Waals surface area (Å²) in [5.74, 6) is 0.0742. The summed E-state index contributed by atoms with van der Waals surface area (Å²) in [4.78, 5) is 2.27. The smallest absolute Gasteiger partial charge is 0.216 e. The molecule has 2 saturated heterocycles. The molecule has 0 bridgehead atoms. The van der Waals surface area contributed by atoms with Crippen LogP contribution >= 0.6 is 0 Å². The number of nitrogens with zero attached hydrogens (tertiary/aromatic N) is 2. The van der Waals surface area contributed by atoms with Crippen molar-refractivity contribution in [2.75, 3.05) is 65.3 Å². The molecule has 2 rings (SSSR count). The lowest BCUT2D eigenvalue weighted by molar-refractivity contribution is 0.0414. The maximum absolute atomic E-state index is 12.5. The quantitative estimate of drug-likeness (QED) is 0.674. The fraction of sp³-hybridized carbons (Fsp3) is 1.00. The summed E-state index contributed by atoms with van der Waals surface area (Å²) in [6.45, 7) is 7.45. The summed E-state index contributed by atoms with van der Waals surface area (Å²) in [5.41, 5.74) is 0. The Bertz CT molecular complexity index is 412. The fourth-order valence-corrected chi connectivity index (χ4v) is 4.52. The van der Waals surface area contributed by atoms with Crippen LogP contribution in [-0.4, -0.2) is 95.1 Å². The number of rotatable bonds is 6. The van der Waals surface area contributed by atoms with Crippen LogP contribution in [-0.2, 0) is 19.5 Å². The van der Waals surface area contributed by atoms with Gasteiger partial charge in [0.05, 0.1) is 25.1 Å². The van der Waals surface area contributed by atoms with Gasteiger partial charge in [-0.2, -0.15) is 4.31 Å². The van der Waals surface area contributed by atoms with Gasteiger partial charge in [0.2, 0.25) is 10.0 Å². The lowest BCUT2D eigenvalue weighted by Gasteiger charge is -2.39. The molecule has 2 fully saturated rings. The van der Waals surface area contributed by atoms with Crippen molar-refractivity contribution in [3.8, 4) is 0 Å². The highest BCUT2D eigenvalue weighted by molar-refractivity contribution is 7.89. The maximum atomic E-state index is 12.5. The zero-order valence-corrected chi connectivity index (χ0v) is 13.8. The number of morpholine rings is 1. The highest BCUT2D eigenvalue weighted by atomic mass is 32.2. The van der Waals surface area contributed by atoms with Crippen molar-refractivity contribution in [2.45, 2.75) is 19.1 Å². The lowest BCUT2D eigenvalue weighted by atomic mass is 10.2. The molecule has 0 aromatic heterocycles. The van der Waals surface area contributed by atoms with Gasteiger partial charge in [-0.05, 0) is 6.92 Å². The van der Waals surface area contributed by atoms with Crippen LogP contribution in [0.2, 0.25) is 0 Å². The van der Waals surface area contributed by atoms with E-state index in [1.54, 1.807) is 11.4 Å². The molecule has 2 aliphatic rings. The van der Waals surface area contributed by atoms with Gasteiger partial charge in [-0.25, -0.2) is 8.42 Å². The summed E-state index contributed by atoms with van der Waals surface area (Å²) in [6.07, 6.45) is -0.231. The van der Waals surface area contributed by atoms with E-state index in [1.807, 2.05) is 0 Å². The minimum atomic E-state index is -3.25. The van der Waals surface area contributed by atoms with Crippen LogP contribution in [0.1, 0.15) is 6.92 Å². The zero-order chi connectivity index (χ0) is 15.3. The number of hydrogen-bond donors (Lipinski definition) is 1. The Morgan fingerprint density at radius 1 is 1.38 bits per heavy atom. The molecule has 0 aliphatic carbocycles. The van der Waals surface area contributed by atoms with Crippen LogP contribution in [0, 0.1) is 0 Å². The average molecular weight is 321 g/mol. The monoisotopic (exact) mass is 321 g/mol. The van der Waals surface area contributed by atoms with Crippen molar-refractivity contribution in [1.29, 1.82) is 0 Å². The van der Waals surface area contributed by atoms with Crippen LogP contribution in [0.15, 0.2) is 0 Å². The van der Waals surface area contributed by atoms with Crippen molar-refractivity contribution in [3.05, 3.63) is 0 Å². The third kappa shape index (κ3) is 4.87. The summed E-state index contributed by atoms with van der Waals surface area (Å²) >= 11 is 0. The first-order valence-electron chi connectivity index (χ1n) is 7.56. The van der Waals surface area contributed by atoms with E-state index in [1.165, 1.54) is 0 Å². The van der Waals surface area contributed by atoms with Gasteiger partial charge >= 0.3 is 0 Å². The van der Waals surface area contributed by atoms with Gasteiger partial charge in [0.15, 0.2) is 0 Å². The molecule has 2 atom stereocenters. The summed E-state index contributed by atoms with van der Waals surface area (Å²) in [7, 11) is -1.57.